The fourth-order valence-corrected chi connectivity index (χ4v) is 3.29. The number of halogens is 2. The molecule has 0 saturated carbocycles. The lowest BCUT2D eigenvalue weighted by atomic mass is 10.2. The predicted molar refractivity (Wildman–Crippen MR) is 121 cm³/mol. The molecule has 0 bridgehead atoms. The van der Waals surface area contributed by atoms with Crippen molar-refractivity contribution in [2.75, 3.05) is 20.2 Å². The highest BCUT2D eigenvalue weighted by molar-refractivity contribution is 14.0. The maximum Gasteiger partial charge on any atom is 0.191 e. The number of methoxy groups -OCH3 is 1. The molecule has 26 heavy (non-hydrogen) atoms. The summed E-state index contributed by atoms with van der Waals surface area (Å²) in [6.45, 7) is 6.32. The van der Waals surface area contributed by atoms with Gasteiger partial charge in [-0.05, 0) is 25.5 Å². The van der Waals surface area contributed by atoms with Crippen LogP contribution in [0.1, 0.15) is 29.3 Å². The summed E-state index contributed by atoms with van der Waals surface area (Å²) in [6.07, 6.45) is 3.89. The summed E-state index contributed by atoms with van der Waals surface area (Å²) in [7, 11) is 1.64. The van der Waals surface area contributed by atoms with E-state index in [4.69, 9.17) is 16.3 Å². The van der Waals surface area contributed by atoms with Crippen LogP contribution in [-0.4, -0.2) is 31.1 Å². The minimum atomic E-state index is 0. The topological polar surface area (TPSA) is 58.5 Å². The first kappa shape index (κ1) is 23.0. The van der Waals surface area contributed by atoms with Crippen LogP contribution < -0.4 is 15.4 Å². The highest BCUT2D eigenvalue weighted by Gasteiger charge is 2.05. The summed E-state index contributed by atoms with van der Waals surface area (Å²) in [6, 6.07) is 5.60. The van der Waals surface area contributed by atoms with Crippen LogP contribution in [0.2, 0.25) is 5.02 Å². The van der Waals surface area contributed by atoms with Crippen molar-refractivity contribution in [3.63, 3.8) is 0 Å². The monoisotopic (exact) mass is 508 g/mol. The normalized spacial score (nSPS) is 11.0. The molecule has 0 amide bonds. The number of aryl methyl sites for hydroxylation is 1. The average molecular weight is 509 g/mol. The van der Waals surface area contributed by atoms with Gasteiger partial charge in [0.2, 0.25) is 0 Å². The van der Waals surface area contributed by atoms with Crippen molar-refractivity contribution in [2.24, 2.45) is 4.99 Å². The van der Waals surface area contributed by atoms with Crippen LogP contribution in [0.5, 0.6) is 5.75 Å². The summed E-state index contributed by atoms with van der Waals surface area (Å²) in [5, 5.41) is 8.42. The maximum atomic E-state index is 6.00. The molecular weight excluding hydrogens is 483 g/mol. The lowest BCUT2D eigenvalue weighted by Crippen LogP contribution is -2.38. The second-order valence-electron chi connectivity index (χ2n) is 5.40. The van der Waals surface area contributed by atoms with Gasteiger partial charge in [-0.15, -0.1) is 35.3 Å². The third-order valence-electron chi connectivity index (χ3n) is 3.58. The number of hydrogen-bond donors (Lipinski definition) is 2. The molecule has 2 N–H and O–H groups in total. The van der Waals surface area contributed by atoms with E-state index in [1.54, 1.807) is 24.5 Å². The molecule has 0 aliphatic heterocycles. The number of rotatable bonds is 8. The summed E-state index contributed by atoms with van der Waals surface area (Å²) < 4.78 is 5.37. The van der Waals surface area contributed by atoms with E-state index in [2.05, 4.69) is 34.5 Å². The molecule has 0 radical (unpaired) electrons. The Morgan fingerprint density at radius 1 is 1.31 bits per heavy atom. The Morgan fingerprint density at radius 2 is 2.12 bits per heavy atom. The molecule has 0 atom stereocenters. The van der Waals surface area contributed by atoms with Crippen LogP contribution in [0.25, 0.3) is 0 Å². The Balaban J connectivity index is 0.00000338. The molecule has 144 valence electrons. The first-order valence-corrected chi connectivity index (χ1v) is 9.63. The number of aromatic nitrogens is 1. The Hall–Kier alpha value is -1.06. The van der Waals surface area contributed by atoms with Gasteiger partial charge < -0.3 is 15.4 Å². The minimum absolute atomic E-state index is 0. The van der Waals surface area contributed by atoms with E-state index in [1.807, 2.05) is 18.3 Å². The fourth-order valence-electron chi connectivity index (χ4n) is 2.27. The van der Waals surface area contributed by atoms with Gasteiger partial charge in [-0.1, -0.05) is 24.6 Å². The van der Waals surface area contributed by atoms with Crippen LogP contribution >= 0.6 is 46.9 Å². The number of guanidine groups is 1. The number of nitrogens with zero attached hydrogens (tertiary/aromatic N) is 2. The molecule has 0 aliphatic rings. The highest BCUT2D eigenvalue weighted by Crippen LogP contribution is 2.23. The summed E-state index contributed by atoms with van der Waals surface area (Å²) >= 11 is 7.78. The van der Waals surface area contributed by atoms with Gasteiger partial charge in [0.1, 0.15) is 5.75 Å². The van der Waals surface area contributed by atoms with E-state index in [9.17, 15) is 0 Å². The third kappa shape index (κ3) is 7.28. The van der Waals surface area contributed by atoms with Gasteiger partial charge in [0.15, 0.2) is 5.96 Å². The largest absolute Gasteiger partial charge is 0.496 e. The molecule has 1 aromatic carbocycles. The van der Waals surface area contributed by atoms with Crippen LogP contribution in [0.4, 0.5) is 0 Å². The quantitative estimate of drug-likeness (QED) is 0.317. The number of thiazole rings is 1. The Bertz CT molecular complexity index is 708. The van der Waals surface area contributed by atoms with Crippen LogP contribution in [0.3, 0.4) is 0 Å². The number of benzene rings is 1. The van der Waals surface area contributed by atoms with E-state index in [0.717, 1.165) is 48.2 Å². The van der Waals surface area contributed by atoms with Gasteiger partial charge in [-0.25, -0.2) is 9.98 Å². The second-order valence-corrected chi connectivity index (χ2v) is 7.04. The number of ether oxygens (including phenoxy) is 1. The zero-order chi connectivity index (χ0) is 18.1. The molecule has 2 aromatic rings. The Morgan fingerprint density at radius 3 is 2.77 bits per heavy atom. The van der Waals surface area contributed by atoms with Gasteiger partial charge >= 0.3 is 0 Å². The van der Waals surface area contributed by atoms with Crippen molar-refractivity contribution in [3.8, 4) is 5.75 Å². The lowest BCUT2D eigenvalue weighted by Gasteiger charge is -2.12. The minimum Gasteiger partial charge on any atom is -0.496 e. The summed E-state index contributed by atoms with van der Waals surface area (Å²) in [5.41, 5.74) is 0.997. The van der Waals surface area contributed by atoms with Crippen molar-refractivity contribution >= 4 is 52.9 Å². The maximum absolute atomic E-state index is 6.00. The first-order chi connectivity index (χ1) is 12.2. The lowest BCUT2D eigenvalue weighted by molar-refractivity contribution is 0.410. The van der Waals surface area contributed by atoms with Crippen LogP contribution in [-0.2, 0) is 19.4 Å². The standard InChI is InChI=1S/C18H25ClN4OS.HI/c1-4-15-12-22-17(25-15)8-9-21-18(20-5-2)23-11-13-6-7-14(19)10-16(13)24-3;/h6-7,10,12H,4-5,8-9,11H2,1-3H3,(H2,20,21,23);1H. The molecule has 2 rings (SSSR count). The first-order valence-electron chi connectivity index (χ1n) is 8.44. The average Bonchev–Trinajstić information content (AvgIpc) is 3.08. The smallest absolute Gasteiger partial charge is 0.191 e. The van der Waals surface area contributed by atoms with Gasteiger partial charge in [-0.3, -0.25) is 0 Å². The van der Waals surface area contributed by atoms with Crippen molar-refractivity contribution in [2.45, 2.75) is 33.2 Å². The highest BCUT2D eigenvalue weighted by atomic mass is 127. The molecule has 1 aromatic heterocycles. The second kappa shape index (κ2) is 12.3. The molecule has 8 heteroatoms. The summed E-state index contributed by atoms with van der Waals surface area (Å²) in [4.78, 5) is 10.4. The zero-order valence-electron chi connectivity index (χ0n) is 15.3. The summed E-state index contributed by atoms with van der Waals surface area (Å²) in [5.74, 6) is 1.54. The van der Waals surface area contributed by atoms with Crippen molar-refractivity contribution < 1.29 is 4.74 Å². The third-order valence-corrected chi connectivity index (χ3v) is 5.02. The van der Waals surface area contributed by atoms with Gasteiger partial charge in [0, 0.05) is 41.2 Å². The molecule has 0 saturated heterocycles. The number of nitrogens with one attached hydrogen (secondary N) is 2. The van der Waals surface area contributed by atoms with E-state index in [-0.39, 0.29) is 24.0 Å². The van der Waals surface area contributed by atoms with Crippen molar-refractivity contribution in [1.29, 1.82) is 0 Å². The van der Waals surface area contributed by atoms with Crippen LogP contribution in [0, 0.1) is 0 Å². The molecule has 1 heterocycles. The zero-order valence-corrected chi connectivity index (χ0v) is 19.2. The predicted octanol–water partition coefficient (Wildman–Crippen LogP) is 4.28. The Labute approximate surface area is 181 Å². The molecule has 0 fully saturated rings. The SMILES string of the molecule is CCNC(=NCc1ccc(Cl)cc1OC)NCCc1ncc(CC)s1.I. The molecule has 5 nitrogen and oxygen atoms in total. The molecular formula is C18H26ClIN4OS. The van der Waals surface area contributed by atoms with Gasteiger partial charge in [0.05, 0.1) is 18.7 Å². The van der Waals surface area contributed by atoms with E-state index in [0.29, 0.717) is 11.6 Å². The molecule has 0 unspecified atom stereocenters. The van der Waals surface area contributed by atoms with E-state index >= 15 is 0 Å². The Kier molecular flexibility index (Phi) is 10.9. The molecule has 0 spiro atoms. The van der Waals surface area contributed by atoms with E-state index < -0.39 is 0 Å². The fraction of sp³-hybridized carbons (Fsp3) is 0.444. The number of hydrogen-bond acceptors (Lipinski definition) is 4. The molecule has 0 aliphatic carbocycles. The van der Waals surface area contributed by atoms with Crippen LogP contribution in [0.15, 0.2) is 29.4 Å². The van der Waals surface area contributed by atoms with Crippen molar-refractivity contribution in [3.05, 3.63) is 44.9 Å². The van der Waals surface area contributed by atoms with Gasteiger partial charge in [0.25, 0.3) is 0 Å². The number of aliphatic imine (C=N–C) groups is 1. The van der Waals surface area contributed by atoms with Gasteiger partial charge in [-0.2, -0.15) is 0 Å². The van der Waals surface area contributed by atoms with Crippen molar-refractivity contribution in [1.82, 2.24) is 15.6 Å². The van der Waals surface area contributed by atoms with E-state index in [1.165, 1.54) is 4.88 Å².